The molecule has 22 heteroatoms. The average molecular weight is 1110 g/mol. The Balaban J connectivity index is 0.952. The number of benzene rings is 4. The maximum atomic E-state index is 15.3. The third kappa shape index (κ3) is 9.97. The van der Waals surface area contributed by atoms with Gasteiger partial charge in [0.2, 0.25) is 15.9 Å². The minimum atomic E-state index is -3.32. The summed E-state index contributed by atoms with van der Waals surface area (Å²) in [4.78, 5) is 67.4. The number of pyridine rings is 2. The fraction of sp³-hybridized carbons (Fsp3) is 0.305. The minimum absolute atomic E-state index is 0.0417. The number of amides is 1. The molecule has 10 aromatic rings. The number of carbonyl (C=O) groups excluding carboxylic acids is 1. The van der Waals surface area contributed by atoms with Gasteiger partial charge in [0.15, 0.2) is 11.3 Å². The molecule has 2 aliphatic rings. The summed E-state index contributed by atoms with van der Waals surface area (Å²) in [7, 11) is -3.32. The topological polar surface area (TPSA) is 233 Å². The van der Waals surface area contributed by atoms with E-state index in [2.05, 4.69) is 31.2 Å². The second-order valence-electron chi connectivity index (χ2n) is 21.4. The molecule has 2 fully saturated rings. The Bertz CT molecular complexity index is 4400. The standard InChI is InChI=1S/C59H62N16O5S/c1-36-11-7-8-16-48(36)74-44(27-41-14-9-12-38(3)50(41)58(74)77)30-73-57-53(47(67-73)33-68-19-23-70(24-20-68)40(5)76)55(62-35-64-57)65-43-18-17-37(2)49(29-43)75-45(28-42-15-10-13-39(4)51(42)59(75)78)31-72-56-52(54(60)61-34-63-56)46(66-72)32-69-21-25-71(26-22-69)81(6,79)80/h7-18,27-29,34-35H,19-26,30-33H2,1-6H3,(H2,60,61,63)(H,62,64,65). The molecule has 0 atom stereocenters. The molecule has 4 aromatic carbocycles. The molecule has 0 unspecified atom stereocenters. The summed E-state index contributed by atoms with van der Waals surface area (Å²) in [5.41, 5.74) is 15.6. The van der Waals surface area contributed by atoms with Crippen LogP contribution in [0.4, 0.5) is 17.3 Å². The number of nitrogens with zero attached hydrogens (tertiary/aromatic N) is 14. The van der Waals surface area contributed by atoms with Crippen molar-refractivity contribution in [3.8, 4) is 11.4 Å². The van der Waals surface area contributed by atoms with E-state index in [1.165, 1.54) is 23.2 Å². The maximum Gasteiger partial charge on any atom is 0.263 e. The summed E-state index contributed by atoms with van der Waals surface area (Å²) in [6, 6.07) is 29.5. The maximum absolute atomic E-state index is 15.3. The Labute approximate surface area is 466 Å². The predicted octanol–water partition coefficient (Wildman–Crippen LogP) is 5.97. The van der Waals surface area contributed by atoms with Gasteiger partial charge in [-0.25, -0.2) is 37.7 Å². The number of piperazine rings is 2. The van der Waals surface area contributed by atoms with Crippen molar-refractivity contribution in [2.45, 2.75) is 60.8 Å². The first-order valence-electron chi connectivity index (χ1n) is 27.0. The van der Waals surface area contributed by atoms with E-state index in [0.29, 0.717) is 133 Å². The van der Waals surface area contributed by atoms with Crippen LogP contribution < -0.4 is 22.2 Å². The monoisotopic (exact) mass is 1110 g/mol. The number of hydrogen-bond donors (Lipinski definition) is 2. The van der Waals surface area contributed by atoms with Crippen molar-refractivity contribution in [3.63, 3.8) is 0 Å². The second kappa shape index (κ2) is 21.1. The van der Waals surface area contributed by atoms with E-state index < -0.39 is 10.0 Å². The molecular formula is C59H62N16O5S. The molecule has 0 saturated carbocycles. The lowest BCUT2D eigenvalue weighted by atomic mass is 10.0. The molecule has 0 aliphatic carbocycles. The third-order valence-electron chi connectivity index (χ3n) is 16.0. The molecule has 81 heavy (non-hydrogen) atoms. The summed E-state index contributed by atoms with van der Waals surface area (Å²) in [5.74, 6) is 0.808. The smallest absolute Gasteiger partial charge is 0.263 e. The number of aromatic nitrogens is 10. The van der Waals surface area contributed by atoms with E-state index in [4.69, 9.17) is 25.9 Å². The van der Waals surface area contributed by atoms with Gasteiger partial charge >= 0.3 is 0 Å². The fourth-order valence-corrected chi connectivity index (χ4v) is 12.5. The van der Waals surface area contributed by atoms with Gasteiger partial charge in [0.05, 0.1) is 63.7 Å². The van der Waals surface area contributed by atoms with Gasteiger partial charge in [-0.3, -0.25) is 33.3 Å². The van der Waals surface area contributed by atoms with Crippen LogP contribution in [-0.2, 0) is 41.0 Å². The highest BCUT2D eigenvalue weighted by Gasteiger charge is 2.28. The summed E-state index contributed by atoms with van der Waals surface area (Å²) >= 11 is 0. The van der Waals surface area contributed by atoms with Crippen LogP contribution in [0.3, 0.4) is 0 Å². The Morgan fingerprint density at radius 3 is 1.67 bits per heavy atom. The van der Waals surface area contributed by atoms with Crippen molar-refractivity contribution in [3.05, 3.63) is 169 Å². The Morgan fingerprint density at radius 1 is 0.568 bits per heavy atom. The summed E-state index contributed by atoms with van der Waals surface area (Å²) < 4.78 is 33.3. The number of anilines is 3. The van der Waals surface area contributed by atoms with E-state index in [9.17, 15) is 18.0 Å². The van der Waals surface area contributed by atoms with Crippen LogP contribution in [0, 0.1) is 27.7 Å². The van der Waals surface area contributed by atoms with Crippen molar-refractivity contribution in [2.24, 2.45) is 0 Å². The van der Waals surface area contributed by atoms with E-state index in [0.717, 1.165) is 44.4 Å². The molecule has 3 N–H and O–H groups in total. The first-order valence-corrected chi connectivity index (χ1v) is 28.9. The number of nitrogens with one attached hydrogen (secondary N) is 1. The molecule has 6 aromatic heterocycles. The highest BCUT2D eigenvalue weighted by molar-refractivity contribution is 7.88. The van der Waals surface area contributed by atoms with Gasteiger partial charge in [-0.15, -0.1) is 0 Å². The van der Waals surface area contributed by atoms with Crippen LogP contribution in [0.15, 0.2) is 113 Å². The zero-order valence-electron chi connectivity index (χ0n) is 46.1. The quantitative estimate of drug-likeness (QED) is 0.135. The Morgan fingerprint density at radius 2 is 1.09 bits per heavy atom. The second-order valence-corrected chi connectivity index (χ2v) is 23.3. The van der Waals surface area contributed by atoms with Crippen LogP contribution in [-0.4, -0.2) is 141 Å². The molecule has 0 radical (unpaired) electrons. The molecule has 12 rings (SSSR count). The summed E-state index contributed by atoms with van der Waals surface area (Å²) in [5, 5.41) is 18.2. The lowest BCUT2D eigenvalue weighted by Crippen LogP contribution is -2.47. The van der Waals surface area contributed by atoms with Gasteiger partial charge in [0, 0.05) is 89.4 Å². The van der Waals surface area contributed by atoms with Crippen molar-refractivity contribution >= 4 is 76.9 Å². The Hall–Kier alpha value is -8.70. The van der Waals surface area contributed by atoms with Gasteiger partial charge in [0.1, 0.15) is 24.3 Å². The van der Waals surface area contributed by atoms with Crippen LogP contribution in [0.25, 0.3) is 55.0 Å². The largest absolute Gasteiger partial charge is 0.383 e. The van der Waals surface area contributed by atoms with E-state index in [1.807, 2.05) is 122 Å². The average Bonchev–Trinajstić information content (AvgIpc) is 4.04. The van der Waals surface area contributed by atoms with Gasteiger partial charge in [-0.05, 0) is 91.1 Å². The van der Waals surface area contributed by atoms with Crippen LogP contribution in [0.5, 0.6) is 0 Å². The van der Waals surface area contributed by atoms with Gasteiger partial charge in [-0.2, -0.15) is 14.5 Å². The number of sulfonamides is 1. The Kier molecular flexibility index (Phi) is 13.8. The van der Waals surface area contributed by atoms with E-state index in [-0.39, 0.29) is 35.9 Å². The molecular weight excluding hydrogens is 1040 g/mol. The van der Waals surface area contributed by atoms with Crippen LogP contribution in [0.2, 0.25) is 0 Å². The molecule has 8 heterocycles. The zero-order chi connectivity index (χ0) is 56.4. The molecule has 2 saturated heterocycles. The summed E-state index contributed by atoms with van der Waals surface area (Å²) in [6.07, 6.45) is 4.14. The fourth-order valence-electron chi connectivity index (χ4n) is 11.7. The molecule has 0 bridgehead atoms. The minimum Gasteiger partial charge on any atom is -0.383 e. The number of rotatable bonds is 13. The predicted molar refractivity (Wildman–Crippen MR) is 314 cm³/mol. The number of aryl methyl sites for hydroxylation is 4. The highest BCUT2D eigenvalue weighted by atomic mass is 32.2. The van der Waals surface area contributed by atoms with Gasteiger partial charge < -0.3 is 16.0 Å². The van der Waals surface area contributed by atoms with Gasteiger partial charge in [0.25, 0.3) is 11.1 Å². The lowest BCUT2D eigenvalue weighted by Gasteiger charge is -2.33. The van der Waals surface area contributed by atoms with E-state index in [1.54, 1.807) is 20.7 Å². The number of nitrogen functional groups attached to an aromatic ring is 1. The number of fused-ring (bicyclic) bond motifs is 4. The highest BCUT2D eigenvalue weighted by Crippen LogP contribution is 2.32. The molecule has 1 amide bonds. The first-order chi connectivity index (χ1) is 39.0. The van der Waals surface area contributed by atoms with E-state index >= 15 is 4.79 Å². The molecule has 21 nitrogen and oxygen atoms in total. The summed E-state index contributed by atoms with van der Waals surface area (Å²) in [6.45, 7) is 14.8. The van der Waals surface area contributed by atoms with Crippen LogP contribution in [0.1, 0.15) is 52.0 Å². The zero-order valence-corrected chi connectivity index (χ0v) is 46.9. The molecule has 414 valence electrons. The van der Waals surface area contributed by atoms with Crippen molar-refractivity contribution < 1.29 is 13.2 Å². The number of nitrogens with two attached hydrogens (primary N) is 1. The first kappa shape index (κ1) is 53.0. The van der Waals surface area contributed by atoms with Gasteiger partial charge in [-0.1, -0.05) is 60.7 Å². The third-order valence-corrected chi connectivity index (χ3v) is 17.3. The van der Waals surface area contributed by atoms with Crippen molar-refractivity contribution in [2.75, 3.05) is 69.7 Å². The number of hydrogen-bond acceptors (Lipinski definition) is 15. The van der Waals surface area contributed by atoms with Crippen LogP contribution >= 0.6 is 0 Å². The number of carbonyl (C=O) groups is 1. The van der Waals surface area contributed by atoms with Crippen molar-refractivity contribution in [1.82, 2.24) is 67.6 Å². The number of para-hydroxylation sites is 1. The normalized spacial score (nSPS) is 15.0. The van der Waals surface area contributed by atoms with Crippen molar-refractivity contribution in [1.29, 1.82) is 0 Å². The molecule has 2 aliphatic heterocycles. The molecule has 0 spiro atoms. The lowest BCUT2D eigenvalue weighted by molar-refractivity contribution is -0.130. The SMILES string of the molecule is CC(=O)N1CCN(Cc2nn(Cc3cc4cccc(C)c4c(=O)n3-c3ccccc3C)c3ncnc(Nc4ccc(C)c(-n5c(Cn6nc(CN7CCN(S(C)(=O)=O)CC7)c7c(N)ncnc76)cc6cccc(C)c6c5=O)c4)c23)CC1.